The molecular weight excluding hydrogens is 837 g/mol. The average molecular weight is 877 g/mol. The van der Waals surface area contributed by atoms with E-state index in [9.17, 15) is 0 Å². The molecule has 0 bridgehead atoms. The molecular formula is C62H40N2O4. The zero-order valence-electron chi connectivity index (χ0n) is 36.6. The molecule has 0 fully saturated rings. The topological polar surface area (TPSA) is 51.2 Å². The van der Waals surface area contributed by atoms with Gasteiger partial charge >= 0.3 is 0 Å². The highest BCUT2D eigenvalue weighted by molar-refractivity contribution is 6.21. The number of furan rings is 2. The Bertz CT molecular complexity index is 3680. The van der Waals surface area contributed by atoms with Crippen LogP contribution in [0.1, 0.15) is 0 Å². The van der Waals surface area contributed by atoms with Gasteiger partial charge in [0.05, 0.1) is 0 Å². The van der Waals surface area contributed by atoms with Crippen LogP contribution in [0.4, 0.5) is 34.1 Å². The summed E-state index contributed by atoms with van der Waals surface area (Å²) in [6, 6.07) is 83.3. The smallest absolute Gasteiger partial charge is 0.178 e. The van der Waals surface area contributed by atoms with Crippen molar-refractivity contribution in [3.63, 3.8) is 0 Å². The molecule has 2 aromatic heterocycles. The van der Waals surface area contributed by atoms with Crippen LogP contribution in [0.25, 0.3) is 65.4 Å². The Hall–Kier alpha value is -9.26. The monoisotopic (exact) mass is 876 g/mol. The summed E-state index contributed by atoms with van der Waals surface area (Å²) < 4.78 is 25.8. The molecule has 0 unspecified atom stereocenters. The van der Waals surface area contributed by atoms with Gasteiger partial charge in [0.2, 0.25) is 0 Å². The van der Waals surface area contributed by atoms with Crippen molar-refractivity contribution in [1.82, 2.24) is 0 Å². The van der Waals surface area contributed by atoms with Gasteiger partial charge in [-0.25, -0.2) is 0 Å². The summed E-state index contributed by atoms with van der Waals surface area (Å²) in [6.07, 6.45) is 0. The third kappa shape index (κ3) is 7.08. The largest absolute Gasteiger partial charge is 0.457 e. The Morgan fingerprint density at radius 3 is 0.985 bits per heavy atom. The maximum Gasteiger partial charge on any atom is 0.178 e. The molecule has 322 valence electrons. The molecule has 0 saturated heterocycles. The van der Waals surface area contributed by atoms with Crippen molar-refractivity contribution in [2.45, 2.75) is 0 Å². The lowest BCUT2D eigenvalue weighted by molar-refractivity contribution is 0.482. The minimum Gasteiger partial charge on any atom is -0.457 e. The first-order chi connectivity index (χ1) is 33.6. The van der Waals surface area contributed by atoms with Gasteiger partial charge in [-0.1, -0.05) is 84.9 Å². The summed E-state index contributed by atoms with van der Waals surface area (Å²) in [7, 11) is 0. The number of para-hydroxylation sites is 4. The number of hydrogen-bond donors (Lipinski definition) is 0. The van der Waals surface area contributed by atoms with Crippen molar-refractivity contribution in [2.24, 2.45) is 0 Å². The number of ether oxygens (including phenoxy) is 2. The van der Waals surface area contributed by atoms with Crippen LogP contribution in [-0.4, -0.2) is 0 Å². The van der Waals surface area contributed by atoms with Crippen molar-refractivity contribution >= 4 is 99.5 Å². The van der Waals surface area contributed by atoms with Crippen molar-refractivity contribution in [3.05, 3.63) is 243 Å². The van der Waals surface area contributed by atoms with Crippen LogP contribution < -0.4 is 19.3 Å². The SMILES string of the molecule is c1ccc(Oc2ccc(N(c3ccccc3)c3ccc4cc5c(cc4c3)oc3c5ccc4c5cc6ccc(N(c7ccccc7)c7ccc(Oc8ccccc8)cc7)cc6cc5oc43)cc2)cc1. The fraction of sp³-hybridized carbons (Fsp3) is 0. The summed E-state index contributed by atoms with van der Waals surface area (Å²) in [4.78, 5) is 4.52. The molecule has 0 aliphatic rings. The van der Waals surface area contributed by atoms with Gasteiger partial charge in [0, 0.05) is 55.7 Å². The predicted octanol–water partition coefficient (Wildman–Crippen LogP) is 18.3. The fourth-order valence-electron chi connectivity index (χ4n) is 9.43. The second-order valence-corrected chi connectivity index (χ2v) is 16.9. The van der Waals surface area contributed by atoms with Crippen LogP contribution in [0, 0.1) is 0 Å². The lowest BCUT2D eigenvalue weighted by Crippen LogP contribution is -2.09. The third-order valence-electron chi connectivity index (χ3n) is 12.7. The second-order valence-electron chi connectivity index (χ2n) is 16.9. The molecule has 11 aromatic carbocycles. The maximum absolute atomic E-state index is 6.79. The lowest BCUT2D eigenvalue weighted by atomic mass is 10.0. The number of hydrogen-bond acceptors (Lipinski definition) is 6. The van der Waals surface area contributed by atoms with E-state index in [1.807, 2.05) is 97.1 Å². The van der Waals surface area contributed by atoms with Crippen LogP contribution in [0.3, 0.4) is 0 Å². The number of fused-ring (bicyclic) bond motifs is 9. The third-order valence-corrected chi connectivity index (χ3v) is 12.7. The average Bonchev–Trinajstić information content (AvgIpc) is 3.94. The van der Waals surface area contributed by atoms with Gasteiger partial charge in [-0.2, -0.15) is 0 Å². The van der Waals surface area contributed by atoms with Crippen LogP contribution in [-0.2, 0) is 0 Å². The van der Waals surface area contributed by atoms with E-state index in [1.54, 1.807) is 0 Å². The van der Waals surface area contributed by atoms with Crippen LogP contribution in [0.15, 0.2) is 251 Å². The first-order valence-corrected chi connectivity index (χ1v) is 22.7. The summed E-state index contributed by atoms with van der Waals surface area (Å²) in [5.74, 6) is 3.16. The minimum atomic E-state index is 0.743. The van der Waals surface area contributed by atoms with E-state index in [4.69, 9.17) is 18.3 Å². The minimum absolute atomic E-state index is 0.743. The fourth-order valence-corrected chi connectivity index (χ4v) is 9.43. The molecule has 0 radical (unpaired) electrons. The summed E-state index contributed by atoms with van der Waals surface area (Å²) in [5.41, 5.74) is 9.31. The number of anilines is 6. The Kier molecular flexibility index (Phi) is 9.39. The molecule has 6 heteroatoms. The number of rotatable bonds is 10. The highest BCUT2D eigenvalue weighted by Gasteiger charge is 2.20. The number of nitrogens with zero attached hydrogens (tertiary/aromatic N) is 2. The molecule has 0 spiro atoms. The molecule has 2 heterocycles. The normalized spacial score (nSPS) is 11.5. The summed E-state index contributed by atoms with van der Waals surface area (Å²) >= 11 is 0. The molecule has 0 saturated carbocycles. The molecule has 68 heavy (non-hydrogen) atoms. The van der Waals surface area contributed by atoms with E-state index < -0.39 is 0 Å². The van der Waals surface area contributed by atoms with E-state index >= 15 is 0 Å². The molecule has 0 N–H and O–H groups in total. The Morgan fingerprint density at radius 1 is 0.250 bits per heavy atom. The van der Waals surface area contributed by atoms with Gasteiger partial charge in [-0.05, 0) is 179 Å². The van der Waals surface area contributed by atoms with E-state index in [-0.39, 0.29) is 0 Å². The van der Waals surface area contributed by atoms with Gasteiger partial charge < -0.3 is 28.1 Å². The summed E-state index contributed by atoms with van der Waals surface area (Å²) in [6.45, 7) is 0. The first-order valence-electron chi connectivity index (χ1n) is 22.7. The zero-order valence-corrected chi connectivity index (χ0v) is 36.6. The van der Waals surface area contributed by atoms with E-state index in [0.717, 1.165) is 123 Å². The highest BCUT2D eigenvalue weighted by atomic mass is 16.5. The van der Waals surface area contributed by atoms with Gasteiger partial charge in [-0.3, -0.25) is 0 Å². The quantitative estimate of drug-likeness (QED) is 0.136. The van der Waals surface area contributed by atoms with Gasteiger partial charge in [-0.15, -0.1) is 0 Å². The molecule has 13 aromatic rings. The van der Waals surface area contributed by atoms with Crippen molar-refractivity contribution in [1.29, 1.82) is 0 Å². The molecule has 0 atom stereocenters. The van der Waals surface area contributed by atoms with E-state index in [1.165, 1.54) is 0 Å². The van der Waals surface area contributed by atoms with Crippen LogP contribution in [0.2, 0.25) is 0 Å². The Balaban J connectivity index is 0.859. The van der Waals surface area contributed by atoms with Gasteiger partial charge in [0.15, 0.2) is 11.2 Å². The van der Waals surface area contributed by atoms with Crippen LogP contribution >= 0.6 is 0 Å². The molecule has 0 aliphatic heterocycles. The molecule has 0 aliphatic carbocycles. The van der Waals surface area contributed by atoms with Gasteiger partial charge in [0.1, 0.15) is 34.2 Å². The predicted molar refractivity (Wildman–Crippen MR) is 278 cm³/mol. The van der Waals surface area contributed by atoms with Crippen molar-refractivity contribution in [3.8, 4) is 23.0 Å². The number of benzene rings is 11. The van der Waals surface area contributed by atoms with Crippen molar-refractivity contribution in [2.75, 3.05) is 9.80 Å². The molecule has 13 rings (SSSR count). The molecule has 0 amide bonds. The van der Waals surface area contributed by atoms with Crippen molar-refractivity contribution < 1.29 is 18.3 Å². The highest BCUT2D eigenvalue weighted by Crippen LogP contribution is 2.44. The second kappa shape index (κ2) is 16.3. The standard InChI is InChI=1S/C62H40N2O4/c1-5-13-45(14-6-1)63(47-25-29-53(30-26-47)65-51-17-9-3-10-18-51)49-23-21-41-37-57-55-33-34-56-58-38-42-22-24-50(36-44(42)40-60(58)68-62(56)61(55)67-59(57)39-43(41)35-49)64(46-15-7-2-8-16-46)48-27-31-54(32-28-48)66-52-19-11-4-12-20-52/h1-40H. The molecule has 6 nitrogen and oxygen atoms in total. The lowest BCUT2D eigenvalue weighted by Gasteiger charge is -2.26. The first kappa shape index (κ1) is 39.1. The van der Waals surface area contributed by atoms with E-state index in [2.05, 4.69) is 155 Å². The maximum atomic E-state index is 6.79. The van der Waals surface area contributed by atoms with E-state index in [0.29, 0.717) is 0 Å². The van der Waals surface area contributed by atoms with Crippen LogP contribution in [0.5, 0.6) is 23.0 Å². The van der Waals surface area contributed by atoms with Gasteiger partial charge in [0.25, 0.3) is 0 Å². The Labute approximate surface area is 391 Å². The zero-order chi connectivity index (χ0) is 45.0. The summed E-state index contributed by atoms with van der Waals surface area (Å²) in [5, 5.41) is 8.52. The Morgan fingerprint density at radius 2 is 0.588 bits per heavy atom.